The third-order valence-corrected chi connectivity index (χ3v) is 6.78. The molecule has 2 fully saturated rings. The molecule has 1 aromatic rings. The van der Waals surface area contributed by atoms with Gasteiger partial charge >= 0.3 is 0 Å². The molecule has 1 aromatic heterocycles. The lowest BCUT2D eigenvalue weighted by molar-refractivity contribution is 0.0368. The standard InChI is InChI=1S/C20H35N5S/c1-17-24-18(15-26-17)9-12-22-19(21-2)23-16-20(10-5-3-6-11-20)25-13-7-4-8-14-25/h15H,3-14,16H2,1-2H3,(H2,21,22,23). The predicted octanol–water partition coefficient (Wildman–Crippen LogP) is 3.35. The zero-order valence-corrected chi connectivity index (χ0v) is 17.3. The summed E-state index contributed by atoms with van der Waals surface area (Å²) >= 11 is 1.72. The molecular weight excluding hydrogens is 342 g/mol. The zero-order chi connectivity index (χ0) is 18.2. The molecule has 1 aliphatic carbocycles. The topological polar surface area (TPSA) is 52.6 Å². The summed E-state index contributed by atoms with van der Waals surface area (Å²) in [6.07, 6.45) is 11.9. The molecule has 26 heavy (non-hydrogen) atoms. The quantitative estimate of drug-likeness (QED) is 0.590. The van der Waals surface area contributed by atoms with E-state index in [2.05, 4.69) is 37.8 Å². The summed E-state index contributed by atoms with van der Waals surface area (Å²) in [6.45, 7) is 6.50. The van der Waals surface area contributed by atoms with Gasteiger partial charge in [-0.15, -0.1) is 11.3 Å². The van der Waals surface area contributed by atoms with Crippen LogP contribution in [0.25, 0.3) is 0 Å². The van der Waals surface area contributed by atoms with Crippen molar-refractivity contribution < 1.29 is 0 Å². The Labute approximate surface area is 162 Å². The fraction of sp³-hybridized carbons (Fsp3) is 0.800. The van der Waals surface area contributed by atoms with E-state index >= 15 is 0 Å². The van der Waals surface area contributed by atoms with E-state index in [0.717, 1.165) is 30.5 Å². The van der Waals surface area contributed by atoms with Gasteiger partial charge in [-0.25, -0.2) is 4.98 Å². The largest absolute Gasteiger partial charge is 0.356 e. The molecule has 0 bridgehead atoms. The van der Waals surface area contributed by atoms with Crippen LogP contribution < -0.4 is 10.6 Å². The molecule has 5 nitrogen and oxygen atoms in total. The number of nitrogens with zero attached hydrogens (tertiary/aromatic N) is 3. The molecule has 1 saturated carbocycles. The first-order valence-corrected chi connectivity index (χ1v) is 11.2. The lowest BCUT2D eigenvalue weighted by Crippen LogP contribution is -2.59. The first-order chi connectivity index (χ1) is 12.7. The fourth-order valence-electron chi connectivity index (χ4n) is 4.48. The molecule has 0 radical (unpaired) electrons. The average Bonchev–Trinajstić information content (AvgIpc) is 3.11. The van der Waals surface area contributed by atoms with E-state index in [0.29, 0.717) is 5.54 Å². The van der Waals surface area contributed by atoms with Gasteiger partial charge in [-0.1, -0.05) is 25.7 Å². The van der Waals surface area contributed by atoms with Crippen molar-refractivity contribution >= 4 is 17.3 Å². The Morgan fingerprint density at radius 1 is 1.15 bits per heavy atom. The predicted molar refractivity (Wildman–Crippen MR) is 111 cm³/mol. The number of aryl methyl sites for hydroxylation is 1. The van der Waals surface area contributed by atoms with E-state index in [1.807, 2.05) is 7.05 Å². The number of guanidine groups is 1. The Morgan fingerprint density at radius 3 is 2.54 bits per heavy atom. The van der Waals surface area contributed by atoms with Gasteiger partial charge in [0.05, 0.1) is 10.7 Å². The van der Waals surface area contributed by atoms with E-state index in [-0.39, 0.29) is 0 Å². The third kappa shape index (κ3) is 5.19. The Bertz CT molecular complexity index is 571. The summed E-state index contributed by atoms with van der Waals surface area (Å²) in [4.78, 5) is 11.8. The number of hydrogen-bond donors (Lipinski definition) is 2. The van der Waals surface area contributed by atoms with Crippen LogP contribution >= 0.6 is 11.3 Å². The van der Waals surface area contributed by atoms with Crippen molar-refractivity contribution in [3.8, 4) is 0 Å². The number of thiazole rings is 1. The molecule has 0 spiro atoms. The summed E-state index contributed by atoms with van der Waals surface area (Å²) in [5, 5.41) is 10.4. The van der Waals surface area contributed by atoms with Crippen molar-refractivity contribution in [1.29, 1.82) is 0 Å². The molecule has 0 unspecified atom stereocenters. The molecule has 6 heteroatoms. The summed E-state index contributed by atoms with van der Waals surface area (Å²) < 4.78 is 0. The maximum absolute atomic E-state index is 4.54. The number of aromatic nitrogens is 1. The monoisotopic (exact) mass is 377 g/mol. The van der Waals surface area contributed by atoms with E-state index in [4.69, 9.17) is 0 Å². The van der Waals surface area contributed by atoms with Crippen LogP contribution in [0, 0.1) is 6.92 Å². The lowest BCUT2D eigenvalue weighted by atomic mass is 9.79. The molecule has 0 aromatic carbocycles. The van der Waals surface area contributed by atoms with Gasteiger partial charge < -0.3 is 10.6 Å². The SMILES string of the molecule is CN=C(NCCc1csc(C)n1)NCC1(N2CCCCC2)CCCCC1. The number of nitrogens with one attached hydrogen (secondary N) is 2. The van der Waals surface area contributed by atoms with Gasteiger partial charge in [0.1, 0.15) is 0 Å². The van der Waals surface area contributed by atoms with Gasteiger partial charge in [0.15, 0.2) is 5.96 Å². The van der Waals surface area contributed by atoms with Crippen molar-refractivity contribution in [2.24, 2.45) is 4.99 Å². The smallest absolute Gasteiger partial charge is 0.191 e. The minimum absolute atomic E-state index is 0.336. The van der Waals surface area contributed by atoms with E-state index in [1.165, 1.54) is 70.2 Å². The average molecular weight is 378 g/mol. The van der Waals surface area contributed by atoms with Gasteiger partial charge in [-0.2, -0.15) is 0 Å². The van der Waals surface area contributed by atoms with Crippen LogP contribution in [-0.2, 0) is 6.42 Å². The Hall–Kier alpha value is -1.14. The molecule has 0 atom stereocenters. The molecule has 146 valence electrons. The van der Waals surface area contributed by atoms with Gasteiger partial charge in [-0.3, -0.25) is 9.89 Å². The Morgan fingerprint density at radius 2 is 1.88 bits per heavy atom. The molecule has 0 amide bonds. The highest BCUT2D eigenvalue weighted by molar-refractivity contribution is 7.09. The van der Waals surface area contributed by atoms with Crippen molar-refractivity contribution in [1.82, 2.24) is 20.5 Å². The Balaban J connectivity index is 1.51. The van der Waals surface area contributed by atoms with Crippen LogP contribution in [0.15, 0.2) is 10.4 Å². The molecular formula is C20H35N5S. The van der Waals surface area contributed by atoms with Crippen LogP contribution in [-0.4, -0.2) is 54.6 Å². The second kappa shape index (κ2) is 9.70. The van der Waals surface area contributed by atoms with Crippen LogP contribution in [0.4, 0.5) is 0 Å². The molecule has 2 aliphatic rings. The summed E-state index contributed by atoms with van der Waals surface area (Å²) in [5.74, 6) is 0.930. The number of likely N-dealkylation sites (tertiary alicyclic amines) is 1. The fourth-order valence-corrected chi connectivity index (χ4v) is 5.13. The second-order valence-electron chi connectivity index (χ2n) is 7.79. The first kappa shape index (κ1) is 19.6. The normalized spacial score (nSPS) is 21.5. The van der Waals surface area contributed by atoms with Gasteiger partial charge in [0, 0.05) is 37.5 Å². The van der Waals surface area contributed by atoms with Crippen LogP contribution in [0.1, 0.15) is 62.1 Å². The van der Waals surface area contributed by atoms with E-state index < -0.39 is 0 Å². The van der Waals surface area contributed by atoms with Gasteiger partial charge in [0.2, 0.25) is 0 Å². The summed E-state index contributed by atoms with van der Waals surface area (Å²) in [7, 11) is 1.87. The van der Waals surface area contributed by atoms with Crippen molar-refractivity contribution in [3.63, 3.8) is 0 Å². The maximum Gasteiger partial charge on any atom is 0.191 e. The number of piperidine rings is 1. The van der Waals surface area contributed by atoms with Gasteiger partial charge in [0.25, 0.3) is 0 Å². The zero-order valence-electron chi connectivity index (χ0n) is 16.5. The van der Waals surface area contributed by atoms with Crippen LogP contribution in [0.2, 0.25) is 0 Å². The maximum atomic E-state index is 4.54. The minimum Gasteiger partial charge on any atom is -0.356 e. The highest BCUT2D eigenvalue weighted by Crippen LogP contribution is 2.35. The van der Waals surface area contributed by atoms with Crippen LogP contribution in [0.3, 0.4) is 0 Å². The van der Waals surface area contributed by atoms with Crippen LogP contribution in [0.5, 0.6) is 0 Å². The molecule has 1 saturated heterocycles. The third-order valence-electron chi connectivity index (χ3n) is 5.96. The highest BCUT2D eigenvalue weighted by Gasteiger charge is 2.38. The van der Waals surface area contributed by atoms with Gasteiger partial charge in [-0.05, 0) is 45.7 Å². The molecule has 2 N–H and O–H groups in total. The number of hydrogen-bond acceptors (Lipinski definition) is 4. The molecule has 2 heterocycles. The Kier molecular flexibility index (Phi) is 7.32. The van der Waals surface area contributed by atoms with E-state index in [1.54, 1.807) is 11.3 Å². The highest BCUT2D eigenvalue weighted by atomic mass is 32.1. The summed E-state index contributed by atoms with van der Waals surface area (Å²) in [5.41, 5.74) is 1.51. The first-order valence-electron chi connectivity index (χ1n) is 10.3. The van der Waals surface area contributed by atoms with Crippen molar-refractivity contribution in [3.05, 3.63) is 16.1 Å². The van der Waals surface area contributed by atoms with E-state index in [9.17, 15) is 0 Å². The van der Waals surface area contributed by atoms with Crippen molar-refractivity contribution in [2.75, 3.05) is 33.2 Å². The second-order valence-corrected chi connectivity index (χ2v) is 8.86. The van der Waals surface area contributed by atoms with Crippen molar-refractivity contribution in [2.45, 2.75) is 70.3 Å². The minimum atomic E-state index is 0.336. The lowest BCUT2D eigenvalue weighted by Gasteiger charge is -2.48. The number of rotatable bonds is 6. The molecule has 1 aliphatic heterocycles. The molecule has 3 rings (SSSR count). The number of aliphatic imine (C=N–C) groups is 1. The summed E-state index contributed by atoms with van der Waals surface area (Å²) in [6, 6.07) is 0.